The molecule has 0 unspecified atom stereocenters. The van der Waals surface area contributed by atoms with Crippen LogP contribution in [0.25, 0.3) is 11.1 Å². The number of terminal acetylenes is 1. The van der Waals surface area contributed by atoms with Gasteiger partial charge in [0.15, 0.2) is 0 Å². The Hall–Kier alpha value is -1.91. The van der Waals surface area contributed by atoms with Crippen molar-refractivity contribution in [1.82, 2.24) is 0 Å². The maximum Gasteiger partial charge on any atom is 0.120 e. The van der Waals surface area contributed by atoms with E-state index in [4.69, 9.17) is 22.8 Å². The first kappa shape index (κ1) is 11.6. The topological polar surface area (TPSA) is 9.23 Å². The van der Waals surface area contributed by atoms with Gasteiger partial charge in [-0.25, -0.2) is 0 Å². The maximum absolute atomic E-state index is 6.16. The van der Waals surface area contributed by atoms with E-state index in [1.165, 1.54) is 0 Å². The minimum Gasteiger partial charge on any atom is -0.497 e. The molecule has 2 rings (SSSR count). The number of rotatable bonds is 2. The molecule has 2 heteroatoms. The van der Waals surface area contributed by atoms with Crippen LogP contribution in [0, 0.1) is 12.3 Å². The highest BCUT2D eigenvalue weighted by Crippen LogP contribution is 2.31. The third-order valence-electron chi connectivity index (χ3n) is 2.55. The van der Waals surface area contributed by atoms with E-state index in [0.29, 0.717) is 5.02 Å². The van der Waals surface area contributed by atoms with Crippen molar-refractivity contribution in [1.29, 1.82) is 0 Å². The first-order chi connectivity index (χ1) is 8.26. The van der Waals surface area contributed by atoms with Crippen molar-refractivity contribution in [3.8, 4) is 29.2 Å². The SMILES string of the molecule is C#Cc1cc(OC)ccc1-c1ccccc1Cl. The minimum absolute atomic E-state index is 0.689. The van der Waals surface area contributed by atoms with E-state index < -0.39 is 0 Å². The first-order valence-electron chi connectivity index (χ1n) is 5.16. The van der Waals surface area contributed by atoms with Gasteiger partial charge in [0.2, 0.25) is 0 Å². The summed E-state index contributed by atoms with van der Waals surface area (Å²) in [4.78, 5) is 0. The number of ether oxygens (including phenoxy) is 1. The van der Waals surface area contributed by atoms with Crippen molar-refractivity contribution < 1.29 is 4.74 Å². The van der Waals surface area contributed by atoms with Crippen molar-refractivity contribution >= 4 is 11.6 Å². The summed E-state index contributed by atoms with van der Waals surface area (Å²) in [6, 6.07) is 13.3. The second-order valence-corrected chi connectivity index (χ2v) is 3.94. The van der Waals surface area contributed by atoms with Crippen molar-refractivity contribution in [2.75, 3.05) is 7.11 Å². The van der Waals surface area contributed by atoms with Gasteiger partial charge in [-0.05, 0) is 29.8 Å². The maximum atomic E-state index is 6.16. The molecule has 0 aliphatic carbocycles. The Bertz CT molecular complexity index is 582. The third kappa shape index (κ3) is 2.27. The lowest BCUT2D eigenvalue weighted by Crippen LogP contribution is -1.88. The van der Waals surface area contributed by atoms with E-state index in [9.17, 15) is 0 Å². The summed E-state index contributed by atoms with van der Waals surface area (Å²) in [5.41, 5.74) is 2.65. The fourth-order valence-corrected chi connectivity index (χ4v) is 1.92. The van der Waals surface area contributed by atoms with Crippen molar-refractivity contribution in [3.05, 3.63) is 53.1 Å². The molecule has 17 heavy (non-hydrogen) atoms. The Morgan fingerprint density at radius 2 is 1.88 bits per heavy atom. The van der Waals surface area contributed by atoms with Crippen LogP contribution in [0.2, 0.25) is 5.02 Å². The molecule has 0 atom stereocenters. The van der Waals surface area contributed by atoms with Crippen LogP contribution in [0.15, 0.2) is 42.5 Å². The summed E-state index contributed by atoms with van der Waals surface area (Å²) in [6.07, 6.45) is 5.51. The van der Waals surface area contributed by atoms with Gasteiger partial charge in [0.25, 0.3) is 0 Å². The number of hydrogen-bond acceptors (Lipinski definition) is 1. The molecule has 0 heterocycles. The Morgan fingerprint density at radius 3 is 2.53 bits per heavy atom. The minimum atomic E-state index is 0.689. The molecule has 0 aliphatic rings. The molecule has 0 saturated heterocycles. The van der Waals surface area contributed by atoms with Crippen LogP contribution in [0.3, 0.4) is 0 Å². The Labute approximate surface area is 106 Å². The highest BCUT2D eigenvalue weighted by atomic mass is 35.5. The average Bonchev–Trinajstić information content (AvgIpc) is 2.38. The van der Waals surface area contributed by atoms with E-state index in [2.05, 4.69) is 5.92 Å². The Morgan fingerprint density at radius 1 is 1.12 bits per heavy atom. The molecule has 0 N–H and O–H groups in total. The average molecular weight is 243 g/mol. The molecule has 0 radical (unpaired) electrons. The number of hydrogen-bond donors (Lipinski definition) is 0. The van der Waals surface area contributed by atoms with Gasteiger partial charge in [0, 0.05) is 16.1 Å². The summed E-state index contributed by atoms with van der Waals surface area (Å²) in [5.74, 6) is 3.40. The molecule has 1 nitrogen and oxygen atoms in total. The van der Waals surface area contributed by atoms with Crippen LogP contribution >= 0.6 is 11.6 Å². The van der Waals surface area contributed by atoms with Crippen molar-refractivity contribution in [3.63, 3.8) is 0 Å². The predicted octanol–water partition coefficient (Wildman–Crippen LogP) is 4.00. The summed E-state index contributed by atoms with van der Waals surface area (Å²) >= 11 is 6.16. The van der Waals surface area contributed by atoms with Gasteiger partial charge < -0.3 is 4.74 Å². The zero-order valence-corrected chi connectivity index (χ0v) is 10.2. The van der Waals surface area contributed by atoms with Crippen LogP contribution in [0.4, 0.5) is 0 Å². The van der Waals surface area contributed by atoms with Crippen LogP contribution in [-0.2, 0) is 0 Å². The molecule has 0 saturated carbocycles. The fraction of sp³-hybridized carbons (Fsp3) is 0.0667. The lowest BCUT2D eigenvalue weighted by atomic mass is 10.00. The van der Waals surface area contributed by atoms with Crippen molar-refractivity contribution in [2.24, 2.45) is 0 Å². The van der Waals surface area contributed by atoms with E-state index in [-0.39, 0.29) is 0 Å². The molecule has 2 aromatic rings. The molecular weight excluding hydrogens is 232 g/mol. The normalized spacial score (nSPS) is 9.71. The van der Waals surface area contributed by atoms with E-state index >= 15 is 0 Å². The molecule has 0 spiro atoms. The number of benzene rings is 2. The van der Waals surface area contributed by atoms with Crippen LogP contribution in [-0.4, -0.2) is 7.11 Å². The van der Waals surface area contributed by atoms with Gasteiger partial charge in [-0.1, -0.05) is 35.7 Å². The second kappa shape index (κ2) is 4.95. The Kier molecular flexibility index (Phi) is 3.37. The van der Waals surface area contributed by atoms with Gasteiger partial charge in [0.05, 0.1) is 7.11 Å². The summed E-state index contributed by atoms with van der Waals surface area (Å²) in [6.45, 7) is 0. The highest BCUT2D eigenvalue weighted by Gasteiger charge is 2.07. The molecule has 0 bridgehead atoms. The third-order valence-corrected chi connectivity index (χ3v) is 2.88. The summed E-state index contributed by atoms with van der Waals surface area (Å²) < 4.78 is 5.15. The van der Waals surface area contributed by atoms with Gasteiger partial charge in [-0.2, -0.15) is 0 Å². The van der Waals surface area contributed by atoms with E-state index in [1.807, 2.05) is 42.5 Å². The second-order valence-electron chi connectivity index (χ2n) is 3.54. The van der Waals surface area contributed by atoms with Gasteiger partial charge in [-0.3, -0.25) is 0 Å². The molecule has 0 fully saturated rings. The monoisotopic (exact) mass is 242 g/mol. The lowest BCUT2D eigenvalue weighted by Gasteiger charge is -2.09. The summed E-state index contributed by atoms with van der Waals surface area (Å²) in [5, 5.41) is 0.689. The van der Waals surface area contributed by atoms with E-state index in [1.54, 1.807) is 7.11 Å². The standard InChI is InChI=1S/C15H11ClO/c1-3-11-10-12(17-2)8-9-13(11)14-6-4-5-7-15(14)16/h1,4-10H,2H3. The van der Waals surface area contributed by atoms with Crippen LogP contribution in [0.1, 0.15) is 5.56 Å². The number of methoxy groups -OCH3 is 1. The number of halogens is 1. The van der Waals surface area contributed by atoms with Crippen LogP contribution in [0.5, 0.6) is 5.75 Å². The summed E-state index contributed by atoms with van der Waals surface area (Å²) in [7, 11) is 1.62. The molecular formula is C15H11ClO. The fourth-order valence-electron chi connectivity index (χ4n) is 1.68. The predicted molar refractivity (Wildman–Crippen MR) is 71.4 cm³/mol. The first-order valence-corrected chi connectivity index (χ1v) is 5.53. The quantitative estimate of drug-likeness (QED) is 0.724. The molecule has 0 amide bonds. The molecule has 0 aliphatic heterocycles. The van der Waals surface area contributed by atoms with Gasteiger partial charge >= 0.3 is 0 Å². The largest absolute Gasteiger partial charge is 0.497 e. The zero-order chi connectivity index (χ0) is 12.3. The molecule has 2 aromatic carbocycles. The highest BCUT2D eigenvalue weighted by molar-refractivity contribution is 6.33. The van der Waals surface area contributed by atoms with Crippen LogP contribution < -0.4 is 4.74 Å². The van der Waals surface area contributed by atoms with E-state index in [0.717, 1.165) is 22.4 Å². The lowest BCUT2D eigenvalue weighted by molar-refractivity contribution is 0.415. The molecule has 84 valence electrons. The Balaban J connectivity index is 2.61. The van der Waals surface area contributed by atoms with Crippen molar-refractivity contribution in [2.45, 2.75) is 0 Å². The zero-order valence-electron chi connectivity index (χ0n) is 9.41. The smallest absolute Gasteiger partial charge is 0.120 e. The van der Waals surface area contributed by atoms with Gasteiger partial charge in [-0.15, -0.1) is 6.42 Å². The molecule has 0 aromatic heterocycles. The van der Waals surface area contributed by atoms with Gasteiger partial charge in [0.1, 0.15) is 5.75 Å².